The van der Waals surface area contributed by atoms with Crippen LogP contribution < -0.4 is 10.6 Å². The zero-order chi connectivity index (χ0) is 35.0. The molecule has 0 spiro atoms. The molecule has 3 amide bonds. The third-order valence-corrected chi connectivity index (χ3v) is 9.93. The second-order valence-corrected chi connectivity index (χ2v) is 15.9. The van der Waals surface area contributed by atoms with Crippen molar-refractivity contribution in [2.45, 2.75) is 122 Å². The minimum absolute atomic E-state index is 0.0305. The van der Waals surface area contributed by atoms with Gasteiger partial charge in [0.2, 0.25) is 5.91 Å². The molecule has 2 N–H and O–H groups in total. The first kappa shape index (κ1) is 36.2. The number of halogens is 1. The van der Waals surface area contributed by atoms with Gasteiger partial charge in [0.1, 0.15) is 17.2 Å². The van der Waals surface area contributed by atoms with Gasteiger partial charge in [0.15, 0.2) is 0 Å². The Balaban J connectivity index is 1.08. The molecule has 13 heteroatoms. The molecule has 0 bridgehead atoms. The van der Waals surface area contributed by atoms with Crippen LogP contribution in [0.2, 0.25) is 5.02 Å². The average Bonchev–Trinajstić information content (AvgIpc) is 3.30. The monoisotopic (exact) mass is 689 g/mol. The number of fused-ring (bicyclic) bond motifs is 1. The molecule has 0 unspecified atom stereocenters. The van der Waals surface area contributed by atoms with Crippen LogP contribution in [0.15, 0.2) is 12.1 Å². The molecule has 266 valence electrons. The van der Waals surface area contributed by atoms with Gasteiger partial charge in [0.25, 0.3) is 5.91 Å². The van der Waals surface area contributed by atoms with E-state index in [2.05, 4.69) is 9.80 Å². The zero-order valence-corrected chi connectivity index (χ0v) is 30.0. The summed E-state index contributed by atoms with van der Waals surface area (Å²) in [6.45, 7) is 15.9. The molecule has 12 nitrogen and oxygen atoms in total. The highest BCUT2D eigenvalue weighted by atomic mass is 35.5. The van der Waals surface area contributed by atoms with Gasteiger partial charge in [-0.3, -0.25) is 19.3 Å². The Morgan fingerprint density at radius 1 is 0.917 bits per heavy atom. The molecule has 3 heterocycles. The number of likely N-dealkylation sites (tertiary alicyclic amines) is 1. The molecule has 1 aromatic rings. The highest BCUT2D eigenvalue weighted by Gasteiger charge is 2.40. The number of nitrogens with two attached hydrogens (primary N) is 1. The predicted octanol–water partition coefficient (Wildman–Crippen LogP) is 4.34. The number of rotatable bonds is 9. The highest BCUT2D eigenvalue weighted by Crippen LogP contribution is 2.39. The number of piperazine rings is 1. The van der Waals surface area contributed by atoms with Crippen LogP contribution >= 0.6 is 11.6 Å². The number of nitrogens with zero attached hydrogens (tertiary/aromatic N) is 4. The molecule has 1 saturated carbocycles. The van der Waals surface area contributed by atoms with Crippen molar-refractivity contribution in [3.8, 4) is 0 Å². The Morgan fingerprint density at radius 2 is 1.54 bits per heavy atom. The SMILES string of the molecule is CC(C)(C)OC(=O)CC[C@@H](C(N)=O)N1Cc2c(ccc(N3CCN([C@H]4C[C@H](OC5CCN(C(=O)OC(C)(C)C)CC5)C4)CC3)c2Cl)C1=O. The molecule has 0 aromatic heterocycles. The van der Waals surface area contributed by atoms with Gasteiger partial charge < -0.3 is 34.6 Å². The largest absolute Gasteiger partial charge is 0.460 e. The van der Waals surface area contributed by atoms with E-state index in [1.807, 2.05) is 26.8 Å². The van der Waals surface area contributed by atoms with Crippen molar-refractivity contribution in [1.82, 2.24) is 14.7 Å². The van der Waals surface area contributed by atoms with E-state index in [1.165, 1.54) is 4.90 Å². The second kappa shape index (κ2) is 14.4. The topological polar surface area (TPSA) is 135 Å². The Bertz CT molecular complexity index is 1370. The number of piperidine rings is 1. The molecule has 1 aliphatic carbocycles. The lowest BCUT2D eigenvalue weighted by molar-refractivity contribution is -0.155. The number of amides is 3. The van der Waals surface area contributed by atoms with E-state index in [0.29, 0.717) is 35.3 Å². The second-order valence-electron chi connectivity index (χ2n) is 15.5. The molecule has 3 fully saturated rings. The third kappa shape index (κ3) is 8.73. The van der Waals surface area contributed by atoms with Crippen LogP contribution in [0, 0.1) is 0 Å². The van der Waals surface area contributed by atoms with Gasteiger partial charge in [0.05, 0.1) is 22.9 Å². The molecular weight excluding hydrogens is 638 g/mol. The van der Waals surface area contributed by atoms with Crippen LogP contribution in [0.5, 0.6) is 0 Å². The van der Waals surface area contributed by atoms with Crippen LogP contribution in [-0.2, 0) is 30.3 Å². The number of hydrogen-bond donors (Lipinski definition) is 1. The summed E-state index contributed by atoms with van der Waals surface area (Å²) in [5.74, 6) is -1.43. The molecule has 1 atom stereocenters. The maximum Gasteiger partial charge on any atom is 0.410 e. The highest BCUT2D eigenvalue weighted by molar-refractivity contribution is 6.35. The van der Waals surface area contributed by atoms with E-state index in [1.54, 1.807) is 31.7 Å². The van der Waals surface area contributed by atoms with Crippen LogP contribution in [0.3, 0.4) is 0 Å². The van der Waals surface area contributed by atoms with Crippen molar-refractivity contribution in [2.75, 3.05) is 44.2 Å². The van der Waals surface area contributed by atoms with Crippen molar-refractivity contribution >= 4 is 41.2 Å². The fraction of sp³-hybridized carbons (Fsp3) is 0.714. The maximum atomic E-state index is 13.3. The zero-order valence-electron chi connectivity index (χ0n) is 29.3. The number of ether oxygens (including phenoxy) is 3. The summed E-state index contributed by atoms with van der Waals surface area (Å²) in [6.07, 6.45) is 3.93. The van der Waals surface area contributed by atoms with Crippen LogP contribution in [0.4, 0.5) is 10.5 Å². The van der Waals surface area contributed by atoms with Crippen LogP contribution in [0.25, 0.3) is 0 Å². The first-order valence-electron chi connectivity index (χ1n) is 17.2. The van der Waals surface area contributed by atoms with Gasteiger partial charge in [-0.1, -0.05) is 11.6 Å². The molecule has 4 aliphatic rings. The standard InChI is InChI=1S/C35H52ClN5O7/c1-34(2,3)47-29(42)10-9-28(31(37)43)41-21-26-25(32(41)44)7-8-27(30(26)36)39-17-15-38(16-18-39)22-19-24(20-22)46-23-11-13-40(14-12-23)33(45)48-35(4,5)6/h7-8,22-24,28H,9-21H2,1-6H3,(H2,37,43)/t22-,24-,28-/m0/s1. The lowest BCUT2D eigenvalue weighted by Gasteiger charge is -2.47. The number of primary amides is 1. The summed E-state index contributed by atoms with van der Waals surface area (Å²) in [6, 6.07) is 3.22. The van der Waals surface area contributed by atoms with Crippen LogP contribution in [0.1, 0.15) is 96.0 Å². The number of hydrogen-bond acceptors (Lipinski definition) is 9. The van der Waals surface area contributed by atoms with Gasteiger partial charge in [-0.15, -0.1) is 0 Å². The normalized spacial score (nSPS) is 23.1. The fourth-order valence-corrected chi connectivity index (χ4v) is 7.35. The number of carbonyl (C=O) groups is 4. The van der Waals surface area contributed by atoms with E-state index in [4.69, 9.17) is 31.5 Å². The van der Waals surface area contributed by atoms with E-state index in [-0.39, 0.29) is 43.6 Å². The molecular formula is C35H52ClN5O7. The van der Waals surface area contributed by atoms with Crippen LogP contribution in [-0.4, -0.2) is 113 Å². The van der Waals surface area contributed by atoms with Crippen molar-refractivity contribution in [2.24, 2.45) is 5.73 Å². The van der Waals surface area contributed by atoms with Gasteiger partial charge in [-0.2, -0.15) is 0 Å². The maximum absolute atomic E-state index is 13.3. The molecule has 5 rings (SSSR count). The molecule has 3 aliphatic heterocycles. The van der Waals surface area contributed by atoms with E-state index >= 15 is 0 Å². The Kier molecular flexibility index (Phi) is 10.9. The summed E-state index contributed by atoms with van der Waals surface area (Å²) < 4.78 is 17.3. The van der Waals surface area contributed by atoms with E-state index in [0.717, 1.165) is 57.5 Å². The molecule has 1 aromatic carbocycles. The predicted molar refractivity (Wildman–Crippen MR) is 182 cm³/mol. The van der Waals surface area contributed by atoms with Crippen molar-refractivity contribution < 1.29 is 33.4 Å². The van der Waals surface area contributed by atoms with E-state index < -0.39 is 29.1 Å². The Morgan fingerprint density at radius 3 is 2.12 bits per heavy atom. The van der Waals surface area contributed by atoms with Crippen molar-refractivity contribution in [1.29, 1.82) is 0 Å². The summed E-state index contributed by atoms with van der Waals surface area (Å²) in [4.78, 5) is 58.4. The number of benzene rings is 1. The summed E-state index contributed by atoms with van der Waals surface area (Å²) in [5.41, 5.74) is 6.58. The van der Waals surface area contributed by atoms with Crippen molar-refractivity contribution in [3.05, 3.63) is 28.3 Å². The van der Waals surface area contributed by atoms with Crippen molar-refractivity contribution in [3.63, 3.8) is 0 Å². The molecule has 0 radical (unpaired) electrons. The summed E-state index contributed by atoms with van der Waals surface area (Å²) >= 11 is 6.94. The lowest BCUT2D eigenvalue weighted by atomic mass is 9.87. The number of esters is 1. The van der Waals surface area contributed by atoms with E-state index in [9.17, 15) is 19.2 Å². The average molecular weight is 690 g/mol. The summed E-state index contributed by atoms with van der Waals surface area (Å²) in [5, 5.41) is 0.516. The quantitative estimate of drug-likeness (QED) is 0.376. The fourth-order valence-electron chi connectivity index (χ4n) is 7.00. The smallest absolute Gasteiger partial charge is 0.410 e. The minimum Gasteiger partial charge on any atom is -0.460 e. The van der Waals surface area contributed by atoms with Gasteiger partial charge in [-0.05, 0) is 85.8 Å². The minimum atomic E-state index is -0.944. The van der Waals surface area contributed by atoms with Gasteiger partial charge >= 0.3 is 12.1 Å². The summed E-state index contributed by atoms with van der Waals surface area (Å²) in [7, 11) is 0. The number of carbonyl (C=O) groups excluding carboxylic acids is 4. The molecule has 2 saturated heterocycles. The Hall–Kier alpha value is -3.09. The van der Waals surface area contributed by atoms with Gasteiger partial charge in [0, 0.05) is 69.4 Å². The first-order chi connectivity index (χ1) is 22.5. The Labute approximate surface area is 289 Å². The third-order valence-electron chi connectivity index (χ3n) is 9.51. The first-order valence-corrected chi connectivity index (χ1v) is 17.6. The lowest BCUT2D eigenvalue weighted by Crippen LogP contribution is -2.56. The number of anilines is 1. The molecule has 48 heavy (non-hydrogen) atoms. The van der Waals surface area contributed by atoms with Gasteiger partial charge in [-0.25, -0.2) is 4.79 Å².